The van der Waals surface area contributed by atoms with Gasteiger partial charge in [0.2, 0.25) is 5.88 Å². The van der Waals surface area contributed by atoms with Crippen LogP contribution in [0.1, 0.15) is 17.7 Å². The van der Waals surface area contributed by atoms with E-state index >= 15 is 0 Å². The zero-order chi connectivity index (χ0) is 11.4. The van der Waals surface area contributed by atoms with E-state index in [0.717, 1.165) is 0 Å². The number of halogens is 3. The summed E-state index contributed by atoms with van der Waals surface area (Å²) in [5.74, 6) is -0.140. The van der Waals surface area contributed by atoms with Crippen molar-refractivity contribution in [1.82, 2.24) is 4.98 Å². The summed E-state index contributed by atoms with van der Waals surface area (Å²) >= 11 is 3.08. The molecule has 0 spiro atoms. The quantitative estimate of drug-likeness (QED) is 0.853. The molecule has 0 saturated heterocycles. The Hall–Kier alpha value is -1.22. The monoisotopic (exact) mass is 276 g/mol. The van der Waals surface area contributed by atoms with Crippen molar-refractivity contribution in [3.8, 4) is 11.9 Å². The van der Waals surface area contributed by atoms with Gasteiger partial charge in [0, 0.05) is 4.47 Å². The number of ether oxygens (including phenoxy) is 1. The first-order chi connectivity index (χ1) is 7.10. The van der Waals surface area contributed by atoms with Crippen LogP contribution in [0, 0.1) is 11.3 Å². The highest BCUT2D eigenvalue weighted by Gasteiger charge is 2.18. The number of hydrogen-bond acceptors (Lipinski definition) is 3. The number of aromatic nitrogens is 1. The molecule has 0 unspecified atom stereocenters. The van der Waals surface area contributed by atoms with Crippen LogP contribution in [0.2, 0.25) is 0 Å². The van der Waals surface area contributed by atoms with E-state index in [1.807, 2.05) is 6.07 Å². The summed E-state index contributed by atoms with van der Waals surface area (Å²) in [6.07, 6.45) is -2.61. The van der Waals surface area contributed by atoms with Crippen LogP contribution >= 0.6 is 15.9 Å². The van der Waals surface area contributed by atoms with Crippen LogP contribution in [-0.4, -0.2) is 12.1 Å². The highest BCUT2D eigenvalue weighted by molar-refractivity contribution is 9.10. The Bertz CT molecular complexity index is 404. The lowest BCUT2D eigenvalue weighted by Gasteiger charge is -2.09. The number of nitrogens with zero attached hydrogens (tertiary/aromatic N) is 2. The summed E-state index contributed by atoms with van der Waals surface area (Å²) in [5, 5.41) is 8.49. The van der Waals surface area contributed by atoms with Crippen LogP contribution in [0.25, 0.3) is 0 Å². The fourth-order valence-corrected chi connectivity index (χ4v) is 1.52. The van der Waals surface area contributed by atoms with Gasteiger partial charge in [0.15, 0.2) is 0 Å². The van der Waals surface area contributed by atoms with Gasteiger partial charge in [-0.2, -0.15) is 5.26 Å². The molecule has 0 amide bonds. The molecule has 80 valence electrons. The van der Waals surface area contributed by atoms with E-state index in [2.05, 4.69) is 20.9 Å². The van der Waals surface area contributed by atoms with Crippen molar-refractivity contribution in [2.45, 2.75) is 12.8 Å². The smallest absolute Gasteiger partial charge is 0.269 e. The molecule has 15 heavy (non-hydrogen) atoms. The fraction of sp³-hybridized carbons (Fsp3) is 0.333. The summed E-state index contributed by atoms with van der Waals surface area (Å²) < 4.78 is 30.1. The molecule has 0 fully saturated rings. The van der Waals surface area contributed by atoms with Gasteiger partial charge in [-0.3, -0.25) is 0 Å². The van der Waals surface area contributed by atoms with E-state index < -0.39 is 6.43 Å². The molecular weight excluding hydrogens is 270 g/mol. The minimum atomic E-state index is -2.65. The number of alkyl halides is 2. The molecule has 0 bridgehead atoms. The minimum absolute atomic E-state index is 0.0421. The van der Waals surface area contributed by atoms with E-state index in [-0.39, 0.29) is 17.9 Å². The van der Waals surface area contributed by atoms with Gasteiger partial charge in [-0.25, -0.2) is 13.8 Å². The SMILES string of the molecule is COc1nc(CC#N)c(Br)cc1C(F)F. The number of nitriles is 1. The van der Waals surface area contributed by atoms with Crippen LogP contribution in [-0.2, 0) is 6.42 Å². The van der Waals surface area contributed by atoms with Crippen molar-refractivity contribution < 1.29 is 13.5 Å². The topological polar surface area (TPSA) is 45.9 Å². The van der Waals surface area contributed by atoms with E-state index in [1.54, 1.807) is 0 Å². The zero-order valence-corrected chi connectivity index (χ0v) is 9.38. The Morgan fingerprint density at radius 2 is 2.33 bits per heavy atom. The summed E-state index contributed by atoms with van der Waals surface area (Å²) in [6.45, 7) is 0. The van der Waals surface area contributed by atoms with E-state index in [0.29, 0.717) is 10.2 Å². The maximum atomic E-state index is 12.5. The molecule has 1 rings (SSSR count). The Labute approximate surface area is 93.8 Å². The number of hydrogen-bond donors (Lipinski definition) is 0. The van der Waals surface area contributed by atoms with Crippen molar-refractivity contribution in [1.29, 1.82) is 5.26 Å². The number of pyridine rings is 1. The molecule has 3 nitrogen and oxygen atoms in total. The normalized spacial score (nSPS) is 10.1. The van der Waals surface area contributed by atoms with Gasteiger partial charge in [0.05, 0.1) is 30.9 Å². The lowest BCUT2D eigenvalue weighted by molar-refractivity contribution is 0.146. The molecule has 1 aromatic heterocycles. The molecule has 0 radical (unpaired) electrons. The van der Waals surface area contributed by atoms with Crippen LogP contribution < -0.4 is 4.74 Å². The predicted molar refractivity (Wildman–Crippen MR) is 52.8 cm³/mol. The van der Waals surface area contributed by atoms with Crippen LogP contribution in [0.5, 0.6) is 5.88 Å². The lowest BCUT2D eigenvalue weighted by Crippen LogP contribution is -2.00. The van der Waals surface area contributed by atoms with Gasteiger partial charge < -0.3 is 4.74 Å². The Kier molecular flexibility index (Phi) is 3.97. The van der Waals surface area contributed by atoms with Crippen molar-refractivity contribution >= 4 is 15.9 Å². The standard InChI is InChI=1S/C9H7BrF2N2O/c1-15-9-5(8(11)12)4-6(10)7(14-9)2-3-13/h4,8H,2H2,1H3. The molecule has 1 aromatic rings. The second-order valence-electron chi connectivity index (χ2n) is 2.65. The third-order valence-corrected chi connectivity index (χ3v) is 2.40. The first-order valence-electron chi connectivity index (χ1n) is 3.98. The molecular formula is C9H7BrF2N2O. The van der Waals surface area contributed by atoms with E-state index in [4.69, 9.17) is 10.00 Å². The number of methoxy groups -OCH3 is 1. The van der Waals surface area contributed by atoms with Crippen LogP contribution in [0.4, 0.5) is 8.78 Å². The van der Waals surface area contributed by atoms with Gasteiger partial charge >= 0.3 is 0 Å². The first kappa shape index (κ1) is 11.9. The second-order valence-corrected chi connectivity index (χ2v) is 3.51. The van der Waals surface area contributed by atoms with E-state index in [1.165, 1.54) is 13.2 Å². The molecule has 0 atom stereocenters. The van der Waals surface area contributed by atoms with Crippen molar-refractivity contribution in [2.75, 3.05) is 7.11 Å². The zero-order valence-electron chi connectivity index (χ0n) is 7.80. The van der Waals surface area contributed by atoms with Gasteiger partial charge in [-0.1, -0.05) is 0 Å². The van der Waals surface area contributed by atoms with Crippen molar-refractivity contribution in [3.63, 3.8) is 0 Å². The molecule has 0 saturated carbocycles. The fourth-order valence-electron chi connectivity index (χ4n) is 1.04. The summed E-state index contributed by atoms with van der Waals surface area (Å²) in [5.41, 5.74) is 0.102. The van der Waals surface area contributed by atoms with Crippen LogP contribution in [0.15, 0.2) is 10.5 Å². The largest absolute Gasteiger partial charge is 0.481 e. The lowest BCUT2D eigenvalue weighted by atomic mass is 10.2. The Morgan fingerprint density at radius 3 is 2.80 bits per heavy atom. The molecule has 0 aromatic carbocycles. The predicted octanol–water partition coefficient (Wildman–Crippen LogP) is 2.86. The Morgan fingerprint density at radius 1 is 1.67 bits per heavy atom. The van der Waals surface area contributed by atoms with Gasteiger partial charge in [0.25, 0.3) is 6.43 Å². The highest BCUT2D eigenvalue weighted by Crippen LogP contribution is 2.31. The average Bonchev–Trinajstić information content (AvgIpc) is 2.20. The number of rotatable bonds is 3. The second kappa shape index (κ2) is 5.03. The van der Waals surface area contributed by atoms with E-state index in [9.17, 15) is 8.78 Å². The molecule has 6 heteroatoms. The van der Waals surface area contributed by atoms with Gasteiger partial charge in [-0.15, -0.1) is 0 Å². The minimum Gasteiger partial charge on any atom is -0.481 e. The molecule has 0 N–H and O–H groups in total. The summed E-state index contributed by atoms with van der Waals surface area (Å²) in [6, 6.07) is 3.11. The Balaban J connectivity index is 3.24. The van der Waals surface area contributed by atoms with Gasteiger partial charge in [0.1, 0.15) is 0 Å². The highest BCUT2D eigenvalue weighted by atomic mass is 79.9. The first-order valence-corrected chi connectivity index (χ1v) is 4.77. The van der Waals surface area contributed by atoms with Crippen LogP contribution in [0.3, 0.4) is 0 Å². The molecule has 1 heterocycles. The van der Waals surface area contributed by atoms with Gasteiger partial charge in [-0.05, 0) is 22.0 Å². The third kappa shape index (κ3) is 2.63. The maximum Gasteiger partial charge on any atom is 0.269 e. The van der Waals surface area contributed by atoms with Crippen molar-refractivity contribution in [3.05, 3.63) is 21.8 Å². The molecule has 0 aliphatic rings. The maximum absolute atomic E-state index is 12.5. The third-order valence-electron chi connectivity index (χ3n) is 1.72. The summed E-state index contributed by atoms with van der Waals surface area (Å²) in [4.78, 5) is 3.83. The summed E-state index contributed by atoms with van der Waals surface area (Å²) in [7, 11) is 1.26. The molecule has 0 aliphatic heterocycles. The average molecular weight is 277 g/mol. The molecule has 0 aliphatic carbocycles. The van der Waals surface area contributed by atoms with Crippen molar-refractivity contribution in [2.24, 2.45) is 0 Å².